The van der Waals surface area contributed by atoms with Crippen LogP contribution in [0.1, 0.15) is 0 Å². The van der Waals surface area contributed by atoms with Gasteiger partial charge in [0, 0.05) is 45.7 Å². The molecule has 1 aromatic heterocycles. The topological polar surface area (TPSA) is 81.6 Å². The van der Waals surface area contributed by atoms with Gasteiger partial charge in [-0.05, 0) is 0 Å². The quantitative estimate of drug-likeness (QED) is 0.771. The highest BCUT2D eigenvalue weighted by atomic mass is 19.1. The molecule has 2 N–H and O–H groups in total. The maximum Gasteiger partial charge on any atom is 0.313 e. The Kier molecular flexibility index (Phi) is 3.93. The van der Waals surface area contributed by atoms with Crippen molar-refractivity contribution < 1.29 is 14.3 Å². The molecule has 0 aromatic carbocycles. The van der Waals surface area contributed by atoms with Crippen LogP contribution in [0.2, 0.25) is 0 Å². The van der Waals surface area contributed by atoms with E-state index in [0.717, 1.165) is 6.20 Å². The van der Waals surface area contributed by atoms with E-state index in [2.05, 4.69) is 26.8 Å². The van der Waals surface area contributed by atoms with E-state index in [9.17, 15) is 14.3 Å². The number of halogens is 1. The molecule has 3 heterocycles. The van der Waals surface area contributed by atoms with Crippen LogP contribution in [0.3, 0.4) is 0 Å². The molecule has 0 aliphatic carbocycles. The van der Waals surface area contributed by atoms with Crippen LogP contribution in [-0.4, -0.2) is 65.7 Å². The lowest BCUT2D eigenvalue weighted by atomic mass is 9.81. The molecule has 1 aromatic rings. The molecule has 2 saturated heterocycles. The first-order chi connectivity index (χ1) is 11.0. The number of aliphatic carboxylic acids is 1. The van der Waals surface area contributed by atoms with Crippen molar-refractivity contribution in [3.63, 3.8) is 0 Å². The summed E-state index contributed by atoms with van der Waals surface area (Å²) in [5, 5.41) is 12.5. The van der Waals surface area contributed by atoms with Crippen molar-refractivity contribution in [2.24, 2.45) is 11.3 Å². The highest BCUT2D eigenvalue weighted by Gasteiger charge is 2.57. The summed E-state index contributed by atoms with van der Waals surface area (Å²) in [6.45, 7) is 6.46. The first-order valence-corrected chi connectivity index (χ1v) is 7.52. The Morgan fingerprint density at radius 2 is 2.39 bits per heavy atom. The maximum atomic E-state index is 13.5. The summed E-state index contributed by atoms with van der Waals surface area (Å²) in [6.07, 6.45) is 2.90. The zero-order valence-electron chi connectivity index (χ0n) is 13.0. The Labute approximate surface area is 133 Å². The number of carboxylic acid groups (broad SMARTS) is 1. The second-order valence-corrected chi connectivity index (χ2v) is 6.14. The molecule has 2 aliphatic rings. The SMILES string of the molecule is C=CCN1C[C@@H]2CN(c3ncc(F)c(NC)n3)C[C@]2(C(=O)O)C1. The van der Waals surface area contributed by atoms with Gasteiger partial charge in [-0.3, -0.25) is 9.69 Å². The molecule has 0 saturated carbocycles. The number of nitrogens with zero attached hydrogens (tertiary/aromatic N) is 4. The third-order valence-corrected chi connectivity index (χ3v) is 4.74. The summed E-state index contributed by atoms with van der Waals surface area (Å²) in [5.41, 5.74) is -0.833. The van der Waals surface area contributed by atoms with Gasteiger partial charge in [0.05, 0.1) is 6.20 Å². The fraction of sp³-hybridized carbons (Fsp3) is 0.533. The summed E-state index contributed by atoms with van der Waals surface area (Å²) in [7, 11) is 1.58. The molecular weight excluding hydrogens is 301 g/mol. The molecule has 0 unspecified atom stereocenters. The van der Waals surface area contributed by atoms with Crippen molar-refractivity contribution in [1.82, 2.24) is 14.9 Å². The first-order valence-electron chi connectivity index (χ1n) is 7.52. The highest BCUT2D eigenvalue weighted by molar-refractivity contribution is 5.78. The monoisotopic (exact) mass is 321 g/mol. The molecule has 0 amide bonds. The van der Waals surface area contributed by atoms with Gasteiger partial charge in [-0.2, -0.15) is 4.98 Å². The number of anilines is 2. The van der Waals surface area contributed by atoms with Crippen molar-refractivity contribution >= 4 is 17.7 Å². The van der Waals surface area contributed by atoms with Gasteiger partial charge in [-0.15, -0.1) is 6.58 Å². The summed E-state index contributed by atoms with van der Waals surface area (Å²) in [6, 6.07) is 0. The highest BCUT2D eigenvalue weighted by Crippen LogP contribution is 2.43. The lowest BCUT2D eigenvalue weighted by Crippen LogP contribution is -2.41. The smallest absolute Gasteiger partial charge is 0.313 e. The van der Waals surface area contributed by atoms with Gasteiger partial charge in [0.2, 0.25) is 5.95 Å². The van der Waals surface area contributed by atoms with Crippen LogP contribution < -0.4 is 10.2 Å². The van der Waals surface area contributed by atoms with Crippen LogP contribution in [0.5, 0.6) is 0 Å². The van der Waals surface area contributed by atoms with Crippen molar-refractivity contribution in [2.45, 2.75) is 0 Å². The maximum absolute atomic E-state index is 13.5. The van der Waals surface area contributed by atoms with Crippen LogP contribution in [0, 0.1) is 17.2 Å². The zero-order chi connectivity index (χ0) is 16.6. The summed E-state index contributed by atoms with van der Waals surface area (Å²) < 4.78 is 13.5. The molecule has 2 atom stereocenters. The van der Waals surface area contributed by atoms with Crippen molar-refractivity contribution in [3.05, 3.63) is 24.7 Å². The average molecular weight is 321 g/mol. The molecule has 2 aliphatic heterocycles. The second-order valence-electron chi connectivity index (χ2n) is 6.14. The van der Waals surface area contributed by atoms with Crippen LogP contribution in [0.4, 0.5) is 16.2 Å². The van der Waals surface area contributed by atoms with Gasteiger partial charge in [-0.25, -0.2) is 9.37 Å². The Balaban J connectivity index is 1.85. The Bertz CT molecular complexity index is 640. The predicted octanol–water partition coefficient (Wildman–Crippen LogP) is 0.666. The number of hydrogen-bond acceptors (Lipinski definition) is 6. The van der Waals surface area contributed by atoms with E-state index in [-0.39, 0.29) is 11.7 Å². The summed E-state index contributed by atoms with van der Waals surface area (Å²) in [5.74, 6) is -0.856. The number of likely N-dealkylation sites (tertiary alicyclic amines) is 1. The largest absolute Gasteiger partial charge is 0.481 e. The fourth-order valence-corrected chi connectivity index (χ4v) is 3.63. The minimum absolute atomic E-state index is 0.00774. The first kappa shape index (κ1) is 15.7. The van der Waals surface area contributed by atoms with Gasteiger partial charge >= 0.3 is 5.97 Å². The number of rotatable bonds is 5. The standard InChI is InChI=1S/C15H20FN5O2/c1-3-4-20-6-10-7-21(9-15(10,8-20)13(22)23)14-18-5-11(16)12(17-2)19-14/h3,5,10H,1,4,6-9H2,2H3,(H,22,23)(H,17,18,19)/t10-,15-/m1/s1. The van der Waals surface area contributed by atoms with E-state index < -0.39 is 17.2 Å². The van der Waals surface area contributed by atoms with Gasteiger partial charge in [-0.1, -0.05) is 6.08 Å². The lowest BCUT2D eigenvalue weighted by molar-refractivity contribution is -0.148. The fourth-order valence-electron chi connectivity index (χ4n) is 3.63. The molecule has 3 rings (SSSR count). The molecule has 8 heteroatoms. The molecule has 23 heavy (non-hydrogen) atoms. The predicted molar refractivity (Wildman–Crippen MR) is 83.9 cm³/mol. The number of hydrogen-bond donors (Lipinski definition) is 2. The molecule has 0 spiro atoms. The average Bonchev–Trinajstić information content (AvgIpc) is 3.03. The third-order valence-electron chi connectivity index (χ3n) is 4.74. The van der Waals surface area contributed by atoms with Crippen molar-refractivity contribution in [2.75, 3.05) is 50.0 Å². The van der Waals surface area contributed by atoms with Crippen LogP contribution >= 0.6 is 0 Å². The molecule has 124 valence electrons. The number of fused-ring (bicyclic) bond motifs is 1. The van der Waals surface area contributed by atoms with E-state index >= 15 is 0 Å². The Morgan fingerprint density at radius 1 is 1.61 bits per heavy atom. The minimum Gasteiger partial charge on any atom is -0.481 e. The van der Waals surface area contributed by atoms with Gasteiger partial charge in [0.1, 0.15) is 5.41 Å². The molecule has 0 bridgehead atoms. The lowest BCUT2D eigenvalue weighted by Gasteiger charge is -2.25. The van der Waals surface area contributed by atoms with E-state index in [1.54, 1.807) is 13.1 Å². The molecular formula is C15H20FN5O2. The minimum atomic E-state index is -0.833. The van der Waals surface area contributed by atoms with E-state index in [1.165, 1.54) is 0 Å². The van der Waals surface area contributed by atoms with Crippen molar-refractivity contribution in [1.29, 1.82) is 0 Å². The van der Waals surface area contributed by atoms with E-state index in [4.69, 9.17) is 0 Å². The number of nitrogens with one attached hydrogen (secondary N) is 1. The zero-order valence-corrected chi connectivity index (χ0v) is 13.0. The molecule has 2 fully saturated rings. The van der Waals surface area contributed by atoms with Gasteiger partial charge < -0.3 is 15.3 Å². The number of carbonyl (C=O) groups is 1. The van der Waals surface area contributed by atoms with E-state index in [0.29, 0.717) is 38.7 Å². The van der Waals surface area contributed by atoms with Crippen LogP contribution in [0.15, 0.2) is 18.9 Å². The van der Waals surface area contributed by atoms with Gasteiger partial charge in [0.25, 0.3) is 0 Å². The van der Waals surface area contributed by atoms with E-state index in [1.807, 2.05) is 4.90 Å². The van der Waals surface area contributed by atoms with Crippen LogP contribution in [-0.2, 0) is 4.79 Å². The van der Waals surface area contributed by atoms with Gasteiger partial charge in [0.15, 0.2) is 11.6 Å². The Morgan fingerprint density at radius 3 is 3.00 bits per heavy atom. The molecule has 7 nitrogen and oxygen atoms in total. The number of aromatic nitrogens is 2. The summed E-state index contributed by atoms with van der Waals surface area (Å²) in [4.78, 5) is 24.0. The normalized spacial score (nSPS) is 27.0. The van der Waals surface area contributed by atoms with Crippen LogP contribution in [0.25, 0.3) is 0 Å². The third kappa shape index (κ3) is 2.52. The Hall–Kier alpha value is -2.22. The summed E-state index contributed by atoms with van der Waals surface area (Å²) >= 11 is 0. The number of carboxylic acids is 1. The molecule has 0 radical (unpaired) electrons. The van der Waals surface area contributed by atoms with Crippen molar-refractivity contribution in [3.8, 4) is 0 Å². The second kappa shape index (κ2) is 5.77.